The average molecular weight is 312 g/mol. The second-order valence-electron chi connectivity index (χ2n) is 4.83. The van der Waals surface area contributed by atoms with Gasteiger partial charge in [-0.2, -0.15) is 0 Å². The van der Waals surface area contributed by atoms with Crippen LogP contribution < -0.4 is 10.1 Å². The first-order valence-electron chi connectivity index (χ1n) is 6.81. The predicted octanol–water partition coefficient (Wildman–Crippen LogP) is 4.40. The number of nitrogens with one attached hydrogen (secondary N) is 1. The van der Waals surface area contributed by atoms with Gasteiger partial charge in [0.15, 0.2) is 0 Å². The van der Waals surface area contributed by atoms with Gasteiger partial charge in [0.2, 0.25) is 0 Å². The number of carbonyl (C=O) groups excluding carboxylic acids is 1. The third-order valence-corrected chi connectivity index (χ3v) is 3.68. The summed E-state index contributed by atoms with van der Waals surface area (Å²) in [5.74, 6) is 0.665. The maximum atomic E-state index is 12.0. The minimum absolute atomic E-state index is 0.123. The molecule has 0 radical (unpaired) electrons. The molecule has 110 valence electrons. The van der Waals surface area contributed by atoms with E-state index in [0.717, 1.165) is 22.6 Å². The molecule has 1 heterocycles. The maximum absolute atomic E-state index is 12.0. The van der Waals surface area contributed by atoms with Gasteiger partial charge in [-0.15, -0.1) is 0 Å². The van der Waals surface area contributed by atoms with Gasteiger partial charge < -0.3 is 10.1 Å². The van der Waals surface area contributed by atoms with Crippen LogP contribution >= 0.6 is 11.6 Å². The highest BCUT2D eigenvalue weighted by molar-refractivity contribution is 6.34. The van der Waals surface area contributed by atoms with Crippen molar-refractivity contribution >= 4 is 34.8 Å². The van der Waals surface area contributed by atoms with E-state index in [0.29, 0.717) is 10.6 Å². The van der Waals surface area contributed by atoms with E-state index in [1.807, 2.05) is 36.4 Å². The fourth-order valence-corrected chi connectivity index (χ4v) is 2.55. The van der Waals surface area contributed by atoms with Crippen molar-refractivity contribution in [1.82, 2.24) is 0 Å². The van der Waals surface area contributed by atoms with E-state index < -0.39 is 0 Å². The number of anilines is 1. The van der Waals surface area contributed by atoms with Gasteiger partial charge in [-0.3, -0.25) is 4.79 Å². The summed E-state index contributed by atoms with van der Waals surface area (Å²) >= 11 is 6.01. The van der Waals surface area contributed by atoms with Gasteiger partial charge in [-0.1, -0.05) is 42.0 Å². The first-order chi connectivity index (χ1) is 10.7. The van der Waals surface area contributed by atoms with Crippen molar-refractivity contribution in [3.8, 4) is 5.75 Å². The van der Waals surface area contributed by atoms with Crippen molar-refractivity contribution in [1.29, 1.82) is 0 Å². The molecule has 0 spiro atoms. The molecule has 3 nitrogen and oxygen atoms in total. The normalized spacial score (nSPS) is 15.2. The number of halogens is 1. The lowest BCUT2D eigenvalue weighted by Gasteiger charge is -2.02. The van der Waals surface area contributed by atoms with Crippen molar-refractivity contribution in [2.24, 2.45) is 0 Å². The number of fused-ring (bicyclic) bond motifs is 1. The molecule has 22 heavy (non-hydrogen) atoms. The van der Waals surface area contributed by atoms with Crippen LogP contribution in [0.3, 0.4) is 0 Å². The van der Waals surface area contributed by atoms with Crippen LogP contribution in [0.2, 0.25) is 5.02 Å². The van der Waals surface area contributed by atoms with Gasteiger partial charge in [0, 0.05) is 27.4 Å². The van der Waals surface area contributed by atoms with Crippen molar-refractivity contribution in [2.75, 3.05) is 12.4 Å². The molecule has 2 aromatic carbocycles. The Morgan fingerprint density at radius 1 is 1.18 bits per heavy atom. The summed E-state index contributed by atoms with van der Waals surface area (Å²) in [6.07, 6.45) is 5.52. The largest absolute Gasteiger partial charge is 0.496 e. The SMILES string of the molecule is COc1ccccc1/C=C/C=C1/C(=O)Nc2ccc(Cl)cc21. The zero-order valence-electron chi connectivity index (χ0n) is 12.0. The Morgan fingerprint density at radius 2 is 2.00 bits per heavy atom. The molecule has 0 unspecified atom stereocenters. The molecule has 0 bridgehead atoms. The lowest BCUT2D eigenvalue weighted by molar-refractivity contribution is -0.110. The molecule has 1 aliphatic heterocycles. The smallest absolute Gasteiger partial charge is 0.256 e. The Hall–Kier alpha value is -2.52. The molecule has 1 N–H and O–H groups in total. The lowest BCUT2D eigenvalue weighted by Crippen LogP contribution is -2.03. The van der Waals surface area contributed by atoms with Crippen molar-refractivity contribution in [2.45, 2.75) is 0 Å². The van der Waals surface area contributed by atoms with Crippen LogP contribution in [0.1, 0.15) is 11.1 Å². The molecule has 0 saturated heterocycles. The monoisotopic (exact) mass is 311 g/mol. The van der Waals surface area contributed by atoms with Crippen LogP contribution in [-0.4, -0.2) is 13.0 Å². The molecule has 1 amide bonds. The van der Waals surface area contributed by atoms with Gasteiger partial charge in [-0.05, 0) is 30.3 Å². The Bertz CT molecular complexity index is 793. The van der Waals surface area contributed by atoms with Crippen molar-refractivity contribution < 1.29 is 9.53 Å². The first kappa shape index (κ1) is 14.4. The number of methoxy groups -OCH3 is 1. The molecule has 1 aliphatic rings. The maximum Gasteiger partial charge on any atom is 0.256 e. The Balaban J connectivity index is 1.92. The van der Waals surface area contributed by atoms with Crippen LogP contribution in [0, 0.1) is 0 Å². The Morgan fingerprint density at radius 3 is 2.82 bits per heavy atom. The Kier molecular flexibility index (Phi) is 3.98. The number of amides is 1. The summed E-state index contributed by atoms with van der Waals surface area (Å²) < 4.78 is 5.29. The zero-order valence-corrected chi connectivity index (χ0v) is 12.7. The highest BCUT2D eigenvalue weighted by Gasteiger charge is 2.23. The second-order valence-corrected chi connectivity index (χ2v) is 5.26. The number of allylic oxidation sites excluding steroid dienone is 2. The highest BCUT2D eigenvalue weighted by atomic mass is 35.5. The van der Waals surface area contributed by atoms with Crippen molar-refractivity contribution in [3.05, 3.63) is 70.8 Å². The molecule has 0 aromatic heterocycles. The van der Waals surface area contributed by atoms with Gasteiger partial charge in [-0.25, -0.2) is 0 Å². The summed E-state index contributed by atoms with van der Waals surface area (Å²) in [5, 5.41) is 3.43. The molecule has 0 aliphatic carbocycles. The number of para-hydroxylation sites is 1. The van der Waals surface area contributed by atoms with Crippen LogP contribution in [0.25, 0.3) is 11.6 Å². The fraction of sp³-hybridized carbons (Fsp3) is 0.0556. The predicted molar refractivity (Wildman–Crippen MR) is 90.1 cm³/mol. The van der Waals surface area contributed by atoms with E-state index >= 15 is 0 Å². The quantitative estimate of drug-likeness (QED) is 0.853. The van der Waals surface area contributed by atoms with E-state index in [1.165, 1.54) is 0 Å². The van der Waals surface area contributed by atoms with Crippen LogP contribution in [0.15, 0.2) is 54.6 Å². The topological polar surface area (TPSA) is 38.3 Å². The summed E-state index contributed by atoms with van der Waals surface area (Å²) in [4.78, 5) is 12.0. The number of carbonyl (C=O) groups is 1. The average Bonchev–Trinajstić information content (AvgIpc) is 2.83. The molecular weight excluding hydrogens is 298 g/mol. The first-order valence-corrected chi connectivity index (χ1v) is 7.19. The number of hydrogen-bond donors (Lipinski definition) is 1. The summed E-state index contributed by atoms with van der Waals surface area (Å²) in [5.41, 5.74) is 3.16. The number of ether oxygens (including phenoxy) is 1. The lowest BCUT2D eigenvalue weighted by atomic mass is 10.1. The molecule has 0 atom stereocenters. The minimum Gasteiger partial charge on any atom is -0.496 e. The molecule has 2 aromatic rings. The minimum atomic E-state index is -0.123. The van der Waals surface area contributed by atoms with E-state index in [1.54, 1.807) is 31.4 Å². The Labute approximate surface area is 133 Å². The van der Waals surface area contributed by atoms with Gasteiger partial charge in [0.05, 0.1) is 7.11 Å². The molecule has 3 rings (SSSR count). The third kappa shape index (κ3) is 2.76. The standard InChI is InChI=1S/C18H14ClNO2/c1-22-17-8-3-2-5-12(17)6-4-7-14-15-11-13(19)9-10-16(15)20-18(14)21/h2-11H,1H3,(H,20,21)/b6-4+,14-7+. The van der Waals surface area contributed by atoms with E-state index in [2.05, 4.69) is 5.32 Å². The van der Waals surface area contributed by atoms with E-state index in [-0.39, 0.29) is 5.91 Å². The van der Waals surface area contributed by atoms with Gasteiger partial charge in [0.1, 0.15) is 5.75 Å². The number of hydrogen-bond acceptors (Lipinski definition) is 2. The van der Waals surface area contributed by atoms with Crippen LogP contribution in [-0.2, 0) is 4.79 Å². The fourth-order valence-electron chi connectivity index (χ4n) is 2.38. The number of benzene rings is 2. The molecular formula is C18H14ClNO2. The summed E-state index contributed by atoms with van der Waals surface area (Å²) in [6.45, 7) is 0. The molecule has 0 saturated carbocycles. The zero-order chi connectivity index (χ0) is 15.5. The number of rotatable bonds is 3. The van der Waals surface area contributed by atoms with E-state index in [4.69, 9.17) is 16.3 Å². The van der Waals surface area contributed by atoms with Crippen molar-refractivity contribution in [3.63, 3.8) is 0 Å². The summed E-state index contributed by atoms with van der Waals surface area (Å²) in [7, 11) is 1.63. The highest BCUT2D eigenvalue weighted by Crippen LogP contribution is 2.33. The van der Waals surface area contributed by atoms with Gasteiger partial charge in [0.25, 0.3) is 5.91 Å². The van der Waals surface area contributed by atoms with Gasteiger partial charge >= 0.3 is 0 Å². The second kappa shape index (κ2) is 6.08. The van der Waals surface area contributed by atoms with E-state index in [9.17, 15) is 4.79 Å². The van der Waals surface area contributed by atoms with Crippen LogP contribution in [0.4, 0.5) is 5.69 Å². The summed E-state index contributed by atoms with van der Waals surface area (Å²) in [6, 6.07) is 13.0. The third-order valence-electron chi connectivity index (χ3n) is 3.44. The van der Waals surface area contributed by atoms with Crippen LogP contribution in [0.5, 0.6) is 5.75 Å². The molecule has 4 heteroatoms. The molecule has 0 fully saturated rings.